The first-order valence-corrected chi connectivity index (χ1v) is 2.29. The van der Waals surface area contributed by atoms with Gasteiger partial charge in [-0.1, -0.05) is 0 Å². The molecule has 0 aromatic rings. The summed E-state index contributed by atoms with van der Waals surface area (Å²) >= 11 is 0. The van der Waals surface area contributed by atoms with E-state index in [2.05, 4.69) is 4.74 Å². The molecule has 0 amide bonds. The molecule has 0 saturated carbocycles. The number of carbonyl (C=O) groups excluding carboxylic acids is 1. The van der Waals surface area contributed by atoms with E-state index in [4.69, 9.17) is 10.2 Å². The van der Waals surface area contributed by atoms with Gasteiger partial charge in [0.15, 0.2) is 5.57 Å². The van der Waals surface area contributed by atoms with E-state index in [0.29, 0.717) is 0 Å². The van der Waals surface area contributed by atoms with Crippen LogP contribution in [-0.4, -0.2) is 29.3 Å². The maximum atomic E-state index is 10.4. The molecule has 0 spiro atoms. The lowest BCUT2D eigenvalue weighted by Crippen LogP contribution is -2.13. The van der Waals surface area contributed by atoms with Gasteiger partial charge in [0, 0.05) is 0 Å². The predicted octanol–water partition coefficient (Wildman–Crippen LogP) is -0.314. The number of aliphatic carboxylic acids is 1. The van der Waals surface area contributed by atoms with Crippen molar-refractivity contribution < 1.29 is 24.5 Å². The van der Waals surface area contributed by atoms with Crippen LogP contribution in [0.25, 0.3) is 0 Å². The van der Waals surface area contributed by atoms with E-state index in [1.54, 1.807) is 0 Å². The SMILES string of the molecule is COC(=O)C(=CO)C(=O)O. The third-order valence-electron chi connectivity index (χ3n) is 0.765. The summed E-state index contributed by atoms with van der Waals surface area (Å²) in [5.74, 6) is -2.59. The second-order valence-electron chi connectivity index (χ2n) is 1.34. The van der Waals surface area contributed by atoms with Gasteiger partial charge in [-0.2, -0.15) is 0 Å². The average Bonchev–Trinajstić information content (AvgIpc) is 1.88. The number of esters is 1. The van der Waals surface area contributed by atoms with E-state index in [-0.39, 0.29) is 6.26 Å². The third kappa shape index (κ3) is 1.77. The topological polar surface area (TPSA) is 83.8 Å². The van der Waals surface area contributed by atoms with E-state index in [1.807, 2.05) is 0 Å². The second-order valence-corrected chi connectivity index (χ2v) is 1.34. The molecule has 0 aliphatic heterocycles. The molecular formula is C5H6O5. The highest BCUT2D eigenvalue weighted by Gasteiger charge is 2.17. The van der Waals surface area contributed by atoms with E-state index in [1.165, 1.54) is 0 Å². The van der Waals surface area contributed by atoms with Crippen molar-refractivity contribution in [1.82, 2.24) is 0 Å². The summed E-state index contributed by atoms with van der Waals surface area (Å²) in [4.78, 5) is 20.4. The van der Waals surface area contributed by atoms with Gasteiger partial charge in [-0.15, -0.1) is 0 Å². The van der Waals surface area contributed by atoms with Crippen molar-refractivity contribution in [3.63, 3.8) is 0 Å². The number of carboxylic acids is 1. The summed E-state index contributed by atoms with van der Waals surface area (Å²) in [5.41, 5.74) is -0.789. The maximum Gasteiger partial charge on any atom is 0.348 e. The predicted molar refractivity (Wildman–Crippen MR) is 30.4 cm³/mol. The van der Waals surface area contributed by atoms with Crippen LogP contribution in [0.5, 0.6) is 0 Å². The number of carboxylic acid groups (broad SMARTS) is 1. The summed E-state index contributed by atoms with van der Waals surface area (Å²) in [6.45, 7) is 0. The number of aliphatic hydroxyl groups is 1. The highest BCUT2D eigenvalue weighted by atomic mass is 16.5. The standard InChI is InChI=1S/C5H6O5/c1-10-5(9)3(2-6)4(7)8/h2,6H,1H3,(H,7,8). The molecule has 5 heteroatoms. The minimum atomic E-state index is -1.52. The maximum absolute atomic E-state index is 10.4. The fraction of sp³-hybridized carbons (Fsp3) is 0.200. The van der Waals surface area contributed by atoms with Crippen LogP contribution in [0.1, 0.15) is 0 Å². The first-order valence-electron chi connectivity index (χ1n) is 2.29. The highest BCUT2D eigenvalue weighted by molar-refractivity contribution is 6.12. The van der Waals surface area contributed by atoms with Crippen LogP contribution in [0.15, 0.2) is 11.8 Å². The van der Waals surface area contributed by atoms with Crippen LogP contribution in [0.3, 0.4) is 0 Å². The van der Waals surface area contributed by atoms with Gasteiger partial charge in [0.2, 0.25) is 0 Å². The molecule has 0 heterocycles. The van der Waals surface area contributed by atoms with Gasteiger partial charge in [-0.25, -0.2) is 9.59 Å². The van der Waals surface area contributed by atoms with Crippen molar-refractivity contribution in [2.24, 2.45) is 0 Å². The first kappa shape index (κ1) is 8.48. The van der Waals surface area contributed by atoms with Crippen molar-refractivity contribution in [2.75, 3.05) is 7.11 Å². The molecule has 0 bridgehead atoms. The van der Waals surface area contributed by atoms with E-state index in [9.17, 15) is 9.59 Å². The fourth-order valence-electron chi connectivity index (χ4n) is 0.305. The van der Waals surface area contributed by atoms with Crippen LogP contribution in [0.4, 0.5) is 0 Å². The number of aliphatic hydroxyl groups excluding tert-OH is 1. The van der Waals surface area contributed by atoms with Crippen LogP contribution >= 0.6 is 0 Å². The summed E-state index contributed by atoms with van der Waals surface area (Å²) in [5, 5.41) is 16.3. The molecule has 10 heavy (non-hydrogen) atoms. The van der Waals surface area contributed by atoms with Gasteiger partial charge >= 0.3 is 11.9 Å². The number of methoxy groups -OCH3 is 1. The molecule has 0 aliphatic rings. The number of hydrogen-bond acceptors (Lipinski definition) is 4. The summed E-state index contributed by atoms with van der Waals surface area (Å²) in [6.07, 6.45) is 0.189. The average molecular weight is 146 g/mol. The Balaban J connectivity index is 4.39. The van der Waals surface area contributed by atoms with E-state index >= 15 is 0 Å². The van der Waals surface area contributed by atoms with Gasteiger partial charge in [-0.05, 0) is 0 Å². The minimum Gasteiger partial charge on any atom is -0.514 e. The lowest BCUT2D eigenvalue weighted by Gasteiger charge is -1.95. The Labute approximate surface area is 56.5 Å². The van der Waals surface area contributed by atoms with Gasteiger partial charge < -0.3 is 14.9 Å². The molecular weight excluding hydrogens is 140 g/mol. The highest BCUT2D eigenvalue weighted by Crippen LogP contribution is 1.94. The minimum absolute atomic E-state index is 0.189. The number of hydrogen-bond donors (Lipinski definition) is 2. The van der Waals surface area contributed by atoms with Gasteiger partial charge in [0.05, 0.1) is 7.11 Å². The van der Waals surface area contributed by atoms with Gasteiger partial charge in [-0.3, -0.25) is 0 Å². The molecule has 0 rings (SSSR count). The van der Waals surface area contributed by atoms with Crippen LogP contribution in [0.2, 0.25) is 0 Å². The molecule has 56 valence electrons. The molecule has 0 fully saturated rings. The zero-order valence-electron chi connectivity index (χ0n) is 5.20. The lowest BCUT2D eigenvalue weighted by molar-refractivity contribution is -0.142. The first-order chi connectivity index (χ1) is 4.63. The Kier molecular flexibility index (Phi) is 2.96. The molecule has 0 unspecified atom stereocenters. The zero-order valence-corrected chi connectivity index (χ0v) is 5.20. The van der Waals surface area contributed by atoms with Crippen molar-refractivity contribution >= 4 is 11.9 Å². The molecule has 0 saturated heterocycles. The van der Waals surface area contributed by atoms with Crippen LogP contribution in [-0.2, 0) is 14.3 Å². The van der Waals surface area contributed by atoms with Crippen molar-refractivity contribution in [3.05, 3.63) is 11.8 Å². The second kappa shape index (κ2) is 3.49. The zero-order chi connectivity index (χ0) is 8.15. The smallest absolute Gasteiger partial charge is 0.348 e. The number of carbonyl (C=O) groups is 2. The Morgan fingerprint density at radius 1 is 1.50 bits per heavy atom. The van der Waals surface area contributed by atoms with Crippen molar-refractivity contribution in [3.8, 4) is 0 Å². The quantitative estimate of drug-likeness (QED) is 0.183. The third-order valence-corrected chi connectivity index (χ3v) is 0.765. The molecule has 0 aliphatic carbocycles. The molecule has 0 atom stereocenters. The molecule has 5 nitrogen and oxygen atoms in total. The molecule has 2 N–H and O–H groups in total. The molecule has 0 aromatic heterocycles. The fourth-order valence-corrected chi connectivity index (χ4v) is 0.305. The van der Waals surface area contributed by atoms with Crippen LogP contribution < -0.4 is 0 Å². The van der Waals surface area contributed by atoms with E-state index < -0.39 is 17.5 Å². The Bertz CT molecular complexity index is 180. The largest absolute Gasteiger partial charge is 0.514 e. The number of rotatable bonds is 2. The monoisotopic (exact) mass is 146 g/mol. The molecule has 0 radical (unpaired) electrons. The Hall–Kier alpha value is -1.52. The lowest BCUT2D eigenvalue weighted by atomic mass is 10.3. The summed E-state index contributed by atoms with van der Waals surface area (Å²) in [7, 11) is 1.02. The van der Waals surface area contributed by atoms with Gasteiger partial charge in [0.1, 0.15) is 6.26 Å². The molecule has 0 aromatic carbocycles. The van der Waals surface area contributed by atoms with Crippen molar-refractivity contribution in [1.29, 1.82) is 0 Å². The Morgan fingerprint density at radius 2 is 2.00 bits per heavy atom. The Morgan fingerprint density at radius 3 is 2.10 bits per heavy atom. The van der Waals surface area contributed by atoms with E-state index in [0.717, 1.165) is 7.11 Å². The summed E-state index contributed by atoms with van der Waals surface area (Å²) in [6, 6.07) is 0. The summed E-state index contributed by atoms with van der Waals surface area (Å²) < 4.78 is 4.02. The van der Waals surface area contributed by atoms with Crippen LogP contribution in [0, 0.1) is 0 Å². The normalized spacial score (nSPS) is 10.7. The number of ether oxygens (including phenoxy) is 1. The van der Waals surface area contributed by atoms with Crippen molar-refractivity contribution in [2.45, 2.75) is 0 Å². The van der Waals surface area contributed by atoms with Gasteiger partial charge in [0.25, 0.3) is 0 Å².